The third kappa shape index (κ3) is 3.72. The Labute approximate surface area is 174 Å². The summed E-state index contributed by atoms with van der Waals surface area (Å²) in [5, 5.41) is 4.33. The normalized spacial score (nSPS) is 18.4. The fourth-order valence-corrected chi connectivity index (χ4v) is 4.35. The quantitative estimate of drug-likeness (QED) is 0.634. The van der Waals surface area contributed by atoms with Crippen LogP contribution in [0.2, 0.25) is 0 Å². The van der Waals surface area contributed by atoms with Crippen molar-refractivity contribution in [2.45, 2.75) is 37.5 Å². The van der Waals surface area contributed by atoms with E-state index in [1.807, 2.05) is 4.90 Å². The molecule has 1 aromatic carbocycles. The molecule has 2 aliphatic rings. The molecule has 0 N–H and O–H groups in total. The van der Waals surface area contributed by atoms with E-state index in [0.29, 0.717) is 41.8 Å². The van der Waals surface area contributed by atoms with Gasteiger partial charge in [-0.25, -0.2) is 4.39 Å². The molecule has 1 saturated carbocycles. The molecule has 1 aliphatic heterocycles. The highest BCUT2D eigenvalue weighted by molar-refractivity contribution is 5.93. The highest BCUT2D eigenvalue weighted by Gasteiger charge is 2.44. The first-order valence-corrected chi connectivity index (χ1v) is 10.4. The van der Waals surface area contributed by atoms with E-state index in [4.69, 9.17) is 9.51 Å². The number of likely N-dealkylation sites (tertiary alicyclic amines) is 1. The van der Waals surface area contributed by atoms with Crippen LogP contribution in [0.25, 0.3) is 11.5 Å². The van der Waals surface area contributed by atoms with E-state index in [1.165, 1.54) is 25.0 Å². The van der Waals surface area contributed by atoms with E-state index in [1.54, 1.807) is 36.7 Å². The molecule has 2 fully saturated rings. The van der Waals surface area contributed by atoms with Crippen LogP contribution in [0.4, 0.5) is 4.39 Å². The van der Waals surface area contributed by atoms with Crippen molar-refractivity contribution in [2.75, 3.05) is 13.1 Å². The lowest BCUT2D eigenvalue weighted by Gasteiger charge is -2.40. The van der Waals surface area contributed by atoms with Gasteiger partial charge in [-0.3, -0.25) is 9.78 Å². The van der Waals surface area contributed by atoms with E-state index in [0.717, 1.165) is 19.3 Å². The van der Waals surface area contributed by atoms with Crippen LogP contribution in [-0.4, -0.2) is 39.0 Å². The van der Waals surface area contributed by atoms with Crippen molar-refractivity contribution in [3.05, 3.63) is 66.0 Å². The first-order valence-electron chi connectivity index (χ1n) is 10.4. The lowest BCUT2D eigenvalue weighted by molar-refractivity contribution is 0.0645. The van der Waals surface area contributed by atoms with Crippen LogP contribution in [0.3, 0.4) is 0 Å². The summed E-state index contributed by atoms with van der Waals surface area (Å²) < 4.78 is 18.8. The van der Waals surface area contributed by atoms with Crippen LogP contribution in [-0.2, 0) is 5.41 Å². The second-order valence-electron chi connectivity index (χ2n) is 8.39. The molecule has 6 nitrogen and oxygen atoms in total. The molecular weight excluding hydrogens is 383 g/mol. The Balaban J connectivity index is 1.36. The van der Waals surface area contributed by atoms with Crippen molar-refractivity contribution in [3.8, 4) is 11.5 Å². The lowest BCUT2D eigenvalue weighted by atomic mass is 9.73. The fraction of sp³-hybridized carbons (Fsp3) is 0.391. The van der Waals surface area contributed by atoms with Crippen LogP contribution in [0.15, 0.2) is 53.3 Å². The number of pyridine rings is 1. The lowest BCUT2D eigenvalue weighted by Crippen LogP contribution is -2.46. The first kappa shape index (κ1) is 18.9. The molecule has 7 heteroatoms. The van der Waals surface area contributed by atoms with E-state index >= 15 is 0 Å². The Hall–Kier alpha value is -3.09. The maximum atomic E-state index is 13.2. The van der Waals surface area contributed by atoms with Gasteiger partial charge in [-0.2, -0.15) is 4.98 Å². The number of carbonyl (C=O) groups excluding carboxylic acids is 1. The van der Waals surface area contributed by atoms with Gasteiger partial charge in [-0.1, -0.05) is 18.0 Å². The number of hydrogen-bond acceptors (Lipinski definition) is 5. The average Bonchev–Trinajstić information content (AvgIpc) is 3.45. The number of nitrogens with zero attached hydrogens (tertiary/aromatic N) is 4. The summed E-state index contributed by atoms with van der Waals surface area (Å²) in [5.41, 5.74) is 1.14. The van der Waals surface area contributed by atoms with Gasteiger partial charge in [0.2, 0.25) is 0 Å². The Morgan fingerprint density at radius 3 is 2.60 bits per heavy atom. The monoisotopic (exact) mass is 406 g/mol. The molecule has 0 spiro atoms. The summed E-state index contributed by atoms with van der Waals surface area (Å²) in [4.78, 5) is 23.5. The highest BCUT2D eigenvalue weighted by Crippen LogP contribution is 2.47. The smallest absolute Gasteiger partial charge is 0.257 e. The van der Waals surface area contributed by atoms with Crippen LogP contribution in [0, 0.1) is 11.7 Å². The molecule has 1 saturated heterocycles. The highest BCUT2D eigenvalue weighted by atomic mass is 19.1. The minimum absolute atomic E-state index is 0.0169. The van der Waals surface area contributed by atoms with Crippen molar-refractivity contribution >= 4 is 5.91 Å². The van der Waals surface area contributed by atoms with Gasteiger partial charge < -0.3 is 9.42 Å². The third-order valence-corrected chi connectivity index (χ3v) is 6.28. The predicted octanol–water partition coefficient (Wildman–Crippen LogP) is 4.24. The molecule has 0 atom stereocenters. The topological polar surface area (TPSA) is 72.1 Å². The SMILES string of the molecule is O=C(c1cccnc1)N1CCC(CC2CC2)(c2noc(-c3ccc(F)cc3)n2)CC1. The number of benzene rings is 1. The number of hydrogen-bond donors (Lipinski definition) is 0. The summed E-state index contributed by atoms with van der Waals surface area (Å²) >= 11 is 0. The van der Waals surface area contributed by atoms with Gasteiger partial charge in [0, 0.05) is 36.5 Å². The van der Waals surface area contributed by atoms with Gasteiger partial charge in [0.05, 0.1) is 5.56 Å². The number of piperidine rings is 1. The number of carbonyl (C=O) groups is 1. The molecule has 30 heavy (non-hydrogen) atoms. The first-order chi connectivity index (χ1) is 14.6. The van der Waals surface area contributed by atoms with E-state index in [2.05, 4.69) is 10.1 Å². The molecular formula is C23H23FN4O2. The summed E-state index contributed by atoms with van der Waals surface area (Å²) in [6, 6.07) is 9.66. The third-order valence-electron chi connectivity index (χ3n) is 6.28. The van der Waals surface area contributed by atoms with Gasteiger partial charge in [-0.05, 0) is 61.6 Å². The molecule has 2 aromatic heterocycles. The summed E-state index contributed by atoms with van der Waals surface area (Å²) in [5.74, 6) is 1.53. The van der Waals surface area contributed by atoms with Gasteiger partial charge in [0.25, 0.3) is 11.8 Å². The van der Waals surface area contributed by atoms with Crippen LogP contribution < -0.4 is 0 Å². The Morgan fingerprint density at radius 1 is 1.17 bits per heavy atom. The molecule has 3 aromatic rings. The molecule has 0 radical (unpaired) electrons. The molecule has 1 amide bonds. The molecule has 0 bridgehead atoms. The van der Waals surface area contributed by atoms with Crippen molar-refractivity contribution < 1.29 is 13.7 Å². The maximum Gasteiger partial charge on any atom is 0.257 e. The Bertz CT molecular complexity index is 1020. The molecule has 154 valence electrons. The standard InChI is InChI=1S/C23H23FN4O2/c24-19-7-5-17(6-8-19)20-26-22(27-30-20)23(14-16-3-4-16)9-12-28(13-10-23)21(29)18-2-1-11-25-15-18/h1-2,5-8,11,15-16H,3-4,9-10,12-14H2. The van der Waals surface area contributed by atoms with Crippen LogP contribution >= 0.6 is 0 Å². The molecule has 3 heterocycles. The van der Waals surface area contributed by atoms with Crippen LogP contribution in [0.5, 0.6) is 0 Å². The van der Waals surface area contributed by atoms with E-state index in [-0.39, 0.29) is 17.1 Å². The zero-order valence-electron chi connectivity index (χ0n) is 16.6. The van der Waals surface area contributed by atoms with Crippen molar-refractivity contribution in [1.82, 2.24) is 20.0 Å². The average molecular weight is 406 g/mol. The predicted molar refractivity (Wildman–Crippen MR) is 108 cm³/mol. The maximum absolute atomic E-state index is 13.2. The number of aromatic nitrogens is 3. The zero-order chi connectivity index (χ0) is 20.6. The minimum Gasteiger partial charge on any atom is -0.339 e. The van der Waals surface area contributed by atoms with Gasteiger partial charge in [-0.15, -0.1) is 0 Å². The van der Waals surface area contributed by atoms with E-state index in [9.17, 15) is 9.18 Å². The van der Waals surface area contributed by atoms with Crippen molar-refractivity contribution in [1.29, 1.82) is 0 Å². The summed E-state index contributed by atoms with van der Waals surface area (Å²) in [7, 11) is 0. The Morgan fingerprint density at radius 2 is 1.93 bits per heavy atom. The summed E-state index contributed by atoms with van der Waals surface area (Å²) in [6.45, 7) is 1.31. The van der Waals surface area contributed by atoms with Gasteiger partial charge >= 0.3 is 0 Å². The van der Waals surface area contributed by atoms with E-state index < -0.39 is 0 Å². The van der Waals surface area contributed by atoms with Crippen molar-refractivity contribution in [2.24, 2.45) is 5.92 Å². The molecule has 1 aliphatic carbocycles. The van der Waals surface area contributed by atoms with Crippen LogP contribution in [0.1, 0.15) is 48.3 Å². The Kier molecular flexibility index (Phi) is 4.81. The minimum atomic E-state index is -0.297. The zero-order valence-corrected chi connectivity index (χ0v) is 16.6. The number of amides is 1. The summed E-state index contributed by atoms with van der Waals surface area (Å²) in [6.07, 6.45) is 8.39. The van der Waals surface area contributed by atoms with Gasteiger partial charge in [0.1, 0.15) is 5.82 Å². The molecule has 0 unspecified atom stereocenters. The number of rotatable bonds is 5. The second-order valence-corrected chi connectivity index (χ2v) is 8.39. The van der Waals surface area contributed by atoms with Crippen molar-refractivity contribution in [3.63, 3.8) is 0 Å². The second kappa shape index (κ2) is 7.63. The fourth-order valence-electron chi connectivity index (χ4n) is 4.35. The molecule has 5 rings (SSSR count). The number of halogens is 1. The van der Waals surface area contributed by atoms with Gasteiger partial charge in [0.15, 0.2) is 5.82 Å². The largest absolute Gasteiger partial charge is 0.339 e.